The molecule has 0 spiro atoms. The normalized spacial score (nSPS) is 25.9. The molecule has 2 aliphatic rings. The zero-order valence-corrected chi connectivity index (χ0v) is 61.1. The van der Waals surface area contributed by atoms with Gasteiger partial charge in [0.05, 0.1) is 25.2 Å². The van der Waals surface area contributed by atoms with Crippen molar-refractivity contribution in [3.8, 4) is 0 Å². The van der Waals surface area contributed by atoms with Crippen LogP contribution in [0.3, 0.4) is 0 Å². The van der Waals surface area contributed by atoms with E-state index in [1.807, 2.05) is 0 Å². The SMILES string of the molecule is CCCCCCCCCCCCCCCC(=O)O[C@@H]1[C@H](O[C@H]2O[C@H](CO)[C@@H](O)[C@H](O)[C@H]2OS(=O)(=O)O)O[C@@H](CO)[C@H](O)[C@H]1OC(=O)[C@H](C)C[C@@H](C)C[C@@H](C)C[C@@H](C)C[C@@H](C)C[C@@H](C)C[C@@H](C)C[C@@H](C)C[C@@H](C)C[C@@H](C)[C@@H](O)CCCCCCCCCCCCCCC. The highest BCUT2D eigenvalue weighted by Gasteiger charge is 2.55. The lowest BCUT2D eigenvalue weighted by atomic mass is 9.79. The first kappa shape index (κ1) is 86.5. The van der Waals surface area contributed by atoms with Crippen molar-refractivity contribution in [3.63, 3.8) is 0 Å². The fourth-order valence-electron chi connectivity index (χ4n) is 15.4. The van der Waals surface area contributed by atoms with Gasteiger partial charge in [0.1, 0.15) is 30.5 Å². The van der Waals surface area contributed by atoms with Crippen molar-refractivity contribution < 1.29 is 81.1 Å². The van der Waals surface area contributed by atoms with E-state index in [0.717, 1.165) is 70.6 Å². The number of carbonyl (C=O) groups excluding carboxylic acids is 2. The molecule has 2 heterocycles. The predicted octanol–water partition coefficient (Wildman–Crippen LogP) is 15.7. The van der Waals surface area contributed by atoms with Gasteiger partial charge in [-0.1, -0.05) is 244 Å². The van der Waals surface area contributed by atoms with Crippen LogP contribution in [0.15, 0.2) is 0 Å². The Bertz CT molecular complexity index is 1950. The lowest BCUT2D eigenvalue weighted by molar-refractivity contribution is -0.374. The van der Waals surface area contributed by atoms with Crippen LogP contribution in [0.1, 0.15) is 321 Å². The van der Waals surface area contributed by atoms with E-state index in [0.29, 0.717) is 60.2 Å². The molecule has 546 valence electrons. The van der Waals surface area contributed by atoms with E-state index in [9.17, 15) is 53.2 Å². The predicted molar refractivity (Wildman–Crippen MR) is 367 cm³/mol. The summed E-state index contributed by atoms with van der Waals surface area (Å²) >= 11 is 0. The molecule has 17 nitrogen and oxygen atoms in total. The standard InChI is InChI=1S/C74H142O17S/c1-13-15-17-19-21-23-25-27-29-31-33-35-37-39-62(77)60(11)48-58(9)46-56(7)44-54(5)42-52(3)41-53(4)43-55(6)45-57(8)47-59(10)49-61(12)72(82)89-69-67(80)64(51-76)87-74(90-73-70(91-92(83,84)85)68(81)66(79)63(50-75)86-73)71(69)88-65(78)40-38-36-34-32-30-28-26-24-22-20-18-16-14-2/h52-64,66-71,73-77,79-81H,13-51H2,1-12H3,(H,83,84,85)/t52-,53+,54-,55+,56-,57+,58-,59+,60-,61-,62+,63-,64+,66-,67+,68+,69-,70-,71+,73-,74+/m1/s1. The van der Waals surface area contributed by atoms with Gasteiger partial charge < -0.3 is 54.3 Å². The summed E-state index contributed by atoms with van der Waals surface area (Å²) in [6.07, 6.45) is 23.5. The maximum atomic E-state index is 14.1. The topological polar surface area (TPSA) is 265 Å². The second-order valence-electron chi connectivity index (χ2n) is 30.3. The van der Waals surface area contributed by atoms with Gasteiger partial charge >= 0.3 is 22.3 Å². The van der Waals surface area contributed by atoms with Gasteiger partial charge in [-0.05, 0) is 124 Å². The second kappa shape index (κ2) is 49.9. The molecule has 21 atom stereocenters. The van der Waals surface area contributed by atoms with Crippen LogP contribution in [0.5, 0.6) is 0 Å². The Morgan fingerprint density at radius 1 is 0.424 bits per heavy atom. The number of ether oxygens (including phenoxy) is 5. The molecule has 2 fully saturated rings. The zero-order chi connectivity index (χ0) is 68.6. The summed E-state index contributed by atoms with van der Waals surface area (Å²) < 4.78 is 67.5. The summed E-state index contributed by atoms with van der Waals surface area (Å²) in [6.45, 7) is 25.5. The van der Waals surface area contributed by atoms with E-state index in [2.05, 4.69) is 80.3 Å². The minimum absolute atomic E-state index is 0.0539. The summed E-state index contributed by atoms with van der Waals surface area (Å²) in [4.78, 5) is 27.8. The number of unbranched alkanes of at least 4 members (excludes halogenated alkanes) is 24. The molecular weight excluding hydrogens is 1190 g/mol. The van der Waals surface area contributed by atoms with Crippen molar-refractivity contribution in [2.24, 2.45) is 59.2 Å². The van der Waals surface area contributed by atoms with Gasteiger partial charge in [0, 0.05) is 6.42 Å². The summed E-state index contributed by atoms with van der Waals surface area (Å²) in [7, 11) is -5.32. The van der Waals surface area contributed by atoms with Crippen LogP contribution < -0.4 is 0 Å². The highest BCUT2D eigenvalue weighted by atomic mass is 32.3. The third kappa shape index (κ3) is 38.0. The Hall–Kier alpha value is -1.55. The van der Waals surface area contributed by atoms with E-state index >= 15 is 0 Å². The monoisotopic (exact) mass is 1330 g/mol. The van der Waals surface area contributed by atoms with Gasteiger partial charge in [0.15, 0.2) is 24.6 Å². The largest absolute Gasteiger partial charge is 0.455 e. The number of esters is 2. The number of aliphatic hydroxyl groups is 6. The molecule has 0 bridgehead atoms. The summed E-state index contributed by atoms with van der Waals surface area (Å²) in [5, 5.41) is 64.5. The third-order valence-electron chi connectivity index (χ3n) is 20.0. The van der Waals surface area contributed by atoms with Crippen LogP contribution in [0.2, 0.25) is 0 Å². The number of hydrogen-bond acceptors (Lipinski definition) is 16. The molecule has 0 aliphatic carbocycles. The number of rotatable bonds is 56. The molecule has 0 aromatic rings. The Morgan fingerprint density at radius 2 is 0.761 bits per heavy atom. The molecule has 0 saturated carbocycles. The fourth-order valence-corrected chi connectivity index (χ4v) is 15.9. The van der Waals surface area contributed by atoms with Crippen molar-refractivity contribution in [2.45, 2.75) is 388 Å². The Morgan fingerprint density at radius 3 is 1.14 bits per heavy atom. The quantitative estimate of drug-likeness (QED) is 0.0169. The van der Waals surface area contributed by atoms with Crippen molar-refractivity contribution in [3.05, 3.63) is 0 Å². The summed E-state index contributed by atoms with van der Waals surface area (Å²) in [5.41, 5.74) is 0. The Balaban J connectivity index is 1.93. The van der Waals surface area contributed by atoms with Gasteiger partial charge in [-0.2, -0.15) is 8.42 Å². The lowest BCUT2D eigenvalue weighted by Crippen LogP contribution is -2.65. The fraction of sp³-hybridized carbons (Fsp3) is 0.973. The highest BCUT2D eigenvalue weighted by molar-refractivity contribution is 7.80. The molecule has 7 N–H and O–H groups in total. The van der Waals surface area contributed by atoms with Gasteiger partial charge in [-0.3, -0.25) is 14.1 Å². The number of carbonyl (C=O) groups is 2. The highest BCUT2D eigenvalue weighted by Crippen LogP contribution is 2.36. The van der Waals surface area contributed by atoms with Crippen LogP contribution in [-0.4, -0.2) is 136 Å². The van der Waals surface area contributed by atoms with Crippen LogP contribution in [-0.2, 0) is 47.9 Å². The van der Waals surface area contributed by atoms with Gasteiger partial charge in [0.2, 0.25) is 6.29 Å². The molecule has 0 radical (unpaired) electrons. The lowest BCUT2D eigenvalue weighted by Gasteiger charge is -2.46. The first-order valence-corrected chi connectivity index (χ1v) is 39.1. The van der Waals surface area contributed by atoms with Gasteiger partial charge in [-0.25, -0.2) is 4.18 Å². The van der Waals surface area contributed by atoms with Crippen LogP contribution in [0, 0.1) is 59.2 Å². The van der Waals surface area contributed by atoms with E-state index < -0.39 is 103 Å². The van der Waals surface area contributed by atoms with Gasteiger partial charge in [-0.15, -0.1) is 0 Å². The minimum Gasteiger partial charge on any atom is -0.455 e. The molecular formula is C74H142O17S. The van der Waals surface area contributed by atoms with E-state index in [4.69, 9.17) is 23.7 Å². The number of hydrogen-bond donors (Lipinski definition) is 7. The molecule has 0 aromatic heterocycles. The first-order valence-electron chi connectivity index (χ1n) is 37.7. The second-order valence-corrected chi connectivity index (χ2v) is 31.4. The smallest absolute Gasteiger partial charge is 0.397 e. The van der Waals surface area contributed by atoms with Crippen molar-refractivity contribution >= 4 is 22.3 Å². The summed E-state index contributed by atoms with van der Waals surface area (Å²) in [5.74, 6) is 2.34. The van der Waals surface area contributed by atoms with E-state index in [1.165, 1.54) is 148 Å². The molecule has 2 aliphatic heterocycles. The molecule has 0 amide bonds. The van der Waals surface area contributed by atoms with Crippen molar-refractivity contribution in [1.82, 2.24) is 0 Å². The van der Waals surface area contributed by atoms with Crippen LogP contribution in [0.4, 0.5) is 0 Å². The molecule has 2 saturated heterocycles. The molecule has 0 unspecified atom stereocenters. The molecule has 0 aromatic carbocycles. The summed E-state index contributed by atoms with van der Waals surface area (Å²) in [6, 6.07) is 0. The van der Waals surface area contributed by atoms with E-state index in [1.54, 1.807) is 6.92 Å². The van der Waals surface area contributed by atoms with Gasteiger partial charge in [0.25, 0.3) is 0 Å². The molecule has 2 rings (SSSR count). The maximum absolute atomic E-state index is 14.1. The van der Waals surface area contributed by atoms with Crippen molar-refractivity contribution in [2.75, 3.05) is 13.2 Å². The van der Waals surface area contributed by atoms with E-state index in [-0.39, 0.29) is 18.4 Å². The third-order valence-corrected chi connectivity index (χ3v) is 20.4. The average molecular weight is 1340 g/mol. The molecule has 18 heteroatoms. The Kier molecular flexibility index (Phi) is 46.9. The Labute approximate surface area is 561 Å². The maximum Gasteiger partial charge on any atom is 0.397 e. The minimum atomic E-state index is -5.32. The molecule has 92 heavy (non-hydrogen) atoms. The van der Waals surface area contributed by atoms with Crippen LogP contribution >= 0.6 is 0 Å². The van der Waals surface area contributed by atoms with Crippen molar-refractivity contribution in [1.29, 1.82) is 0 Å². The zero-order valence-electron chi connectivity index (χ0n) is 60.3. The average Bonchev–Trinajstić information content (AvgIpc) is 0.784. The van der Waals surface area contributed by atoms with Crippen LogP contribution in [0.25, 0.3) is 0 Å². The number of aliphatic hydroxyl groups excluding tert-OH is 6. The first-order chi connectivity index (χ1) is 43.7.